The lowest BCUT2D eigenvalue weighted by atomic mass is 9.95. The number of fused-ring (bicyclic) bond motifs is 1. The van der Waals surface area contributed by atoms with Gasteiger partial charge in [-0.1, -0.05) is 12.2 Å². The smallest absolute Gasteiger partial charge is 0.0707 e. The van der Waals surface area contributed by atoms with Crippen molar-refractivity contribution in [1.82, 2.24) is 15.1 Å². The molecule has 1 N–H and O–H groups in total. The van der Waals surface area contributed by atoms with Gasteiger partial charge in [0.05, 0.1) is 5.69 Å². The lowest BCUT2D eigenvalue weighted by molar-refractivity contribution is 0.310. The number of hydrogen-bond acceptors (Lipinski definition) is 2. The predicted octanol–water partition coefficient (Wildman–Crippen LogP) is 1.83. The molecule has 2 aliphatic rings. The first kappa shape index (κ1) is 9.16. The van der Waals surface area contributed by atoms with Gasteiger partial charge in [-0.3, -0.25) is 5.10 Å². The van der Waals surface area contributed by atoms with E-state index in [-0.39, 0.29) is 0 Å². The highest BCUT2D eigenvalue weighted by Crippen LogP contribution is 2.33. The summed E-state index contributed by atoms with van der Waals surface area (Å²) in [7, 11) is 2.19. The van der Waals surface area contributed by atoms with Crippen LogP contribution in [-0.4, -0.2) is 28.7 Å². The number of likely N-dealkylation sites (N-methyl/N-ethyl adjacent to an activating group) is 1. The molecule has 0 saturated heterocycles. The van der Waals surface area contributed by atoms with Crippen molar-refractivity contribution in [3.05, 3.63) is 29.1 Å². The van der Waals surface area contributed by atoms with Crippen molar-refractivity contribution in [2.45, 2.75) is 31.7 Å². The highest BCUT2D eigenvalue weighted by molar-refractivity contribution is 5.31. The van der Waals surface area contributed by atoms with E-state index in [2.05, 4.69) is 34.3 Å². The number of aromatic nitrogens is 2. The SMILES string of the molecule is CN1CCc2[nH]nc(C3CC=CC3)c2C1. The maximum Gasteiger partial charge on any atom is 0.0707 e. The minimum absolute atomic E-state index is 0.636. The van der Waals surface area contributed by atoms with Gasteiger partial charge in [0.2, 0.25) is 0 Å². The second-order valence-corrected chi connectivity index (χ2v) is 4.69. The Labute approximate surface area is 90.2 Å². The molecule has 0 unspecified atom stereocenters. The first-order chi connectivity index (χ1) is 7.34. The fraction of sp³-hybridized carbons (Fsp3) is 0.583. The van der Waals surface area contributed by atoms with E-state index in [0.717, 1.165) is 19.5 Å². The topological polar surface area (TPSA) is 31.9 Å². The third-order valence-electron chi connectivity index (χ3n) is 3.55. The van der Waals surface area contributed by atoms with Crippen LogP contribution in [0.4, 0.5) is 0 Å². The molecule has 15 heavy (non-hydrogen) atoms. The van der Waals surface area contributed by atoms with Crippen LogP contribution < -0.4 is 0 Å². The number of aromatic amines is 1. The summed E-state index contributed by atoms with van der Waals surface area (Å²) in [6.07, 6.45) is 8.01. The molecule has 0 saturated carbocycles. The molecule has 1 aliphatic heterocycles. The molecule has 0 bridgehead atoms. The Hall–Kier alpha value is -1.09. The van der Waals surface area contributed by atoms with E-state index < -0.39 is 0 Å². The molecule has 3 heteroatoms. The number of allylic oxidation sites excluding steroid dienone is 2. The summed E-state index contributed by atoms with van der Waals surface area (Å²) >= 11 is 0. The lowest BCUT2D eigenvalue weighted by Crippen LogP contribution is -2.26. The molecule has 0 aromatic carbocycles. The average molecular weight is 203 g/mol. The Balaban J connectivity index is 1.92. The number of nitrogens with one attached hydrogen (secondary N) is 1. The zero-order valence-electron chi connectivity index (χ0n) is 9.16. The molecule has 3 nitrogen and oxygen atoms in total. The molecule has 0 atom stereocenters. The number of H-pyrrole nitrogens is 1. The van der Waals surface area contributed by atoms with E-state index in [1.54, 1.807) is 0 Å². The van der Waals surface area contributed by atoms with E-state index in [9.17, 15) is 0 Å². The first-order valence-electron chi connectivity index (χ1n) is 5.74. The minimum Gasteiger partial charge on any atom is -0.302 e. The molecule has 3 rings (SSSR count). The van der Waals surface area contributed by atoms with Crippen LogP contribution in [0, 0.1) is 0 Å². The molecule has 0 spiro atoms. The molecule has 1 aliphatic carbocycles. The summed E-state index contributed by atoms with van der Waals surface area (Å²) in [5, 5.41) is 7.74. The third-order valence-corrected chi connectivity index (χ3v) is 3.55. The van der Waals surface area contributed by atoms with Gasteiger partial charge in [-0.05, 0) is 19.9 Å². The van der Waals surface area contributed by atoms with Crippen LogP contribution >= 0.6 is 0 Å². The minimum atomic E-state index is 0.636. The van der Waals surface area contributed by atoms with E-state index in [4.69, 9.17) is 0 Å². The summed E-state index contributed by atoms with van der Waals surface area (Å²) in [4.78, 5) is 2.38. The van der Waals surface area contributed by atoms with Crippen LogP contribution in [0.2, 0.25) is 0 Å². The fourth-order valence-corrected chi connectivity index (χ4v) is 2.63. The Morgan fingerprint density at radius 3 is 3.00 bits per heavy atom. The van der Waals surface area contributed by atoms with Crippen molar-refractivity contribution >= 4 is 0 Å². The normalized spacial score (nSPS) is 22.2. The summed E-state index contributed by atoms with van der Waals surface area (Å²) < 4.78 is 0. The summed E-state index contributed by atoms with van der Waals surface area (Å²) in [5.74, 6) is 0.636. The number of hydrogen-bond donors (Lipinski definition) is 1. The molecule has 0 radical (unpaired) electrons. The van der Waals surface area contributed by atoms with Crippen LogP contribution in [0.25, 0.3) is 0 Å². The lowest BCUT2D eigenvalue weighted by Gasteiger charge is -2.23. The van der Waals surface area contributed by atoms with Gasteiger partial charge in [-0.15, -0.1) is 0 Å². The molecule has 1 aromatic rings. The van der Waals surface area contributed by atoms with Crippen molar-refractivity contribution < 1.29 is 0 Å². The predicted molar refractivity (Wildman–Crippen MR) is 59.7 cm³/mol. The van der Waals surface area contributed by atoms with E-state index in [0.29, 0.717) is 5.92 Å². The van der Waals surface area contributed by atoms with Gasteiger partial charge >= 0.3 is 0 Å². The first-order valence-corrected chi connectivity index (χ1v) is 5.74. The van der Waals surface area contributed by atoms with Gasteiger partial charge in [-0.25, -0.2) is 0 Å². The second kappa shape index (κ2) is 3.49. The van der Waals surface area contributed by atoms with Crippen molar-refractivity contribution in [3.8, 4) is 0 Å². The van der Waals surface area contributed by atoms with Gasteiger partial charge in [0.15, 0.2) is 0 Å². The van der Waals surface area contributed by atoms with E-state index in [1.165, 1.54) is 29.8 Å². The largest absolute Gasteiger partial charge is 0.302 e. The van der Waals surface area contributed by atoms with Crippen molar-refractivity contribution in [2.75, 3.05) is 13.6 Å². The molecular formula is C12H17N3. The number of nitrogens with zero attached hydrogens (tertiary/aromatic N) is 2. The Bertz CT molecular complexity index is 384. The quantitative estimate of drug-likeness (QED) is 0.706. The van der Waals surface area contributed by atoms with Gasteiger partial charge in [-0.2, -0.15) is 5.10 Å². The van der Waals surface area contributed by atoms with E-state index in [1.807, 2.05) is 0 Å². The van der Waals surface area contributed by atoms with E-state index >= 15 is 0 Å². The molecular weight excluding hydrogens is 186 g/mol. The Morgan fingerprint density at radius 2 is 2.20 bits per heavy atom. The van der Waals surface area contributed by atoms with Crippen LogP contribution in [-0.2, 0) is 13.0 Å². The summed E-state index contributed by atoms with van der Waals surface area (Å²) in [5.41, 5.74) is 4.16. The third kappa shape index (κ3) is 1.51. The number of rotatable bonds is 1. The summed E-state index contributed by atoms with van der Waals surface area (Å²) in [6.45, 7) is 2.22. The molecule has 0 amide bonds. The molecule has 80 valence electrons. The van der Waals surface area contributed by atoms with Crippen molar-refractivity contribution in [1.29, 1.82) is 0 Å². The second-order valence-electron chi connectivity index (χ2n) is 4.69. The van der Waals surface area contributed by atoms with Gasteiger partial charge in [0.1, 0.15) is 0 Å². The van der Waals surface area contributed by atoms with Crippen LogP contribution in [0.15, 0.2) is 12.2 Å². The maximum absolute atomic E-state index is 4.52. The molecule has 2 heterocycles. The molecule has 1 aromatic heterocycles. The Kier molecular flexibility index (Phi) is 2.13. The standard InChI is InChI=1S/C12H17N3/c1-15-7-6-11-10(8-15)12(14-13-11)9-4-2-3-5-9/h2-3,9H,4-8H2,1H3,(H,13,14). The monoisotopic (exact) mass is 203 g/mol. The van der Waals surface area contributed by atoms with Crippen LogP contribution in [0.1, 0.15) is 35.7 Å². The zero-order chi connectivity index (χ0) is 10.3. The van der Waals surface area contributed by atoms with Crippen molar-refractivity contribution in [2.24, 2.45) is 0 Å². The zero-order valence-corrected chi connectivity index (χ0v) is 9.16. The molecule has 0 fully saturated rings. The van der Waals surface area contributed by atoms with Crippen molar-refractivity contribution in [3.63, 3.8) is 0 Å². The highest BCUT2D eigenvalue weighted by Gasteiger charge is 2.25. The fourth-order valence-electron chi connectivity index (χ4n) is 2.63. The van der Waals surface area contributed by atoms with Crippen LogP contribution in [0.3, 0.4) is 0 Å². The van der Waals surface area contributed by atoms with Gasteiger partial charge < -0.3 is 4.90 Å². The Morgan fingerprint density at radius 1 is 1.40 bits per heavy atom. The highest BCUT2D eigenvalue weighted by atomic mass is 15.2. The van der Waals surface area contributed by atoms with Crippen LogP contribution in [0.5, 0.6) is 0 Å². The average Bonchev–Trinajstić information content (AvgIpc) is 2.83. The van der Waals surface area contributed by atoms with Gasteiger partial charge in [0, 0.05) is 36.7 Å². The van der Waals surface area contributed by atoms with Gasteiger partial charge in [0.25, 0.3) is 0 Å². The summed E-state index contributed by atoms with van der Waals surface area (Å²) in [6, 6.07) is 0. The maximum atomic E-state index is 4.52.